The lowest BCUT2D eigenvalue weighted by Crippen LogP contribution is -1.72. The van der Waals surface area contributed by atoms with Crippen LogP contribution in [0.1, 0.15) is 5.56 Å². The summed E-state index contributed by atoms with van der Waals surface area (Å²) in [7, 11) is 0. The van der Waals surface area contributed by atoms with Crippen LogP contribution < -0.4 is 0 Å². The third-order valence-corrected chi connectivity index (χ3v) is 2.26. The number of rotatable bonds is 0. The molecular weight excluding hydrogens is 154 g/mol. The molecule has 0 saturated heterocycles. The summed E-state index contributed by atoms with van der Waals surface area (Å²) in [5.41, 5.74) is 0.736. The SMILES string of the molecule is N#Cc1cccc2[c]scc12. The zero-order chi connectivity index (χ0) is 7.68. The van der Waals surface area contributed by atoms with E-state index in [0.717, 1.165) is 16.3 Å². The van der Waals surface area contributed by atoms with Gasteiger partial charge >= 0.3 is 0 Å². The molecule has 2 aromatic rings. The Morgan fingerprint density at radius 1 is 1.45 bits per heavy atom. The smallest absolute Gasteiger partial charge is 0.0998 e. The van der Waals surface area contributed by atoms with Crippen molar-refractivity contribution in [3.63, 3.8) is 0 Å². The van der Waals surface area contributed by atoms with Crippen molar-refractivity contribution in [2.75, 3.05) is 0 Å². The summed E-state index contributed by atoms with van der Waals surface area (Å²) in [6.45, 7) is 0. The first-order valence-electron chi connectivity index (χ1n) is 3.20. The highest BCUT2D eigenvalue weighted by molar-refractivity contribution is 7.08. The van der Waals surface area contributed by atoms with Gasteiger partial charge in [-0.05, 0) is 6.07 Å². The molecule has 1 aromatic heterocycles. The number of thiophene rings is 1. The van der Waals surface area contributed by atoms with Crippen LogP contribution in [0.2, 0.25) is 0 Å². The molecule has 0 aliphatic carbocycles. The second-order valence-electron chi connectivity index (χ2n) is 2.22. The fourth-order valence-corrected chi connectivity index (χ4v) is 1.77. The Kier molecular flexibility index (Phi) is 1.38. The van der Waals surface area contributed by atoms with Gasteiger partial charge in [0, 0.05) is 16.2 Å². The summed E-state index contributed by atoms with van der Waals surface area (Å²) in [6, 6.07) is 7.81. The van der Waals surface area contributed by atoms with Crippen molar-refractivity contribution in [3.05, 3.63) is 34.5 Å². The maximum atomic E-state index is 8.69. The van der Waals surface area contributed by atoms with Gasteiger partial charge in [0.25, 0.3) is 0 Å². The molecule has 0 aliphatic rings. The van der Waals surface area contributed by atoms with Crippen LogP contribution in [0.3, 0.4) is 0 Å². The van der Waals surface area contributed by atoms with Crippen LogP contribution in [0.5, 0.6) is 0 Å². The second-order valence-corrected chi connectivity index (χ2v) is 2.89. The summed E-state index contributed by atoms with van der Waals surface area (Å²) in [5, 5.41) is 15.8. The third-order valence-electron chi connectivity index (χ3n) is 1.57. The summed E-state index contributed by atoms with van der Waals surface area (Å²) < 4.78 is 0. The zero-order valence-corrected chi connectivity index (χ0v) is 6.48. The van der Waals surface area contributed by atoms with E-state index < -0.39 is 0 Å². The van der Waals surface area contributed by atoms with Crippen molar-refractivity contribution in [3.8, 4) is 6.07 Å². The lowest BCUT2D eigenvalue weighted by Gasteiger charge is -1.89. The molecule has 0 aliphatic heterocycles. The lowest BCUT2D eigenvalue weighted by molar-refractivity contribution is 1.51. The van der Waals surface area contributed by atoms with E-state index in [4.69, 9.17) is 5.26 Å². The minimum absolute atomic E-state index is 0.736. The van der Waals surface area contributed by atoms with Crippen LogP contribution in [0, 0.1) is 16.7 Å². The van der Waals surface area contributed by atoms with E-state index in [1.807, 2.05) is 23.6 Å². The first kappa shape index (κ1) is 6.38. The molecule has 1 heterocycles. The van der Waals surface area contributed by atoms with Crippen molar-refractivity contribution >= 4 is 22.1 Å². The van der Waals surface area contributed by atoms with Gasteiger partial charge < -0.3 is 0 Å². The minimum atomic E-state index is 0.736. The van der Waals surface area contributed by atoms with Crippen molar-refractivity contribution < 1.29 is 0 Å². The Balaban J connectivity index is 2.92. The highest BCUT2D eigenvalue weighted by Crippen LogP contribution is 2.21. The lowest BCUT2D eigenvalue weighted by atomic mass is 10.1. The molecule has 11 heavy (non-hydrogen) atoms. The van der Waals surface area contributed by atoms with E-state index in [2.05, 4.69) is 11.4 Å². The minimum Gasteiger partial charge on any atom is -0.192 e. The number of hydrogen-bond acceptors (Lipinski definition) is 2. The summed E-state index contributed by atoms with van der Waals surface area (Å²) in [4.78, 5) is 0. The Morgan fingerprint density at radius 3 is 3.18 bits per heavy atom. The third kappa shape index (κ3) is 0.903. The normalized spacial score (nSPS) is 9.73. The van der Waals surface area contributed by atoms with E-state index in [0.29, 0.717) is 0 Å². The molecule has 1 nitrogen and oxygen atoms in total. The standard InChI is InChI=1S/C9H4NS/c10-4-7-2-1-3-8-5-11-6-9(7)8/h1-3,6H. The molecule has 0 saturated carbocycles. The van der Waals surface area contributed by atoms with Crippen molar-refractivity contribution in [2.24, 2.45) is 0 Å². The Morgan fingerprint density at radius 2 is 2.36 bits per heavy atom. The number of benzene rings is 1. The molecular formula is C9H4NS. The van der Waals surface area contributed by atoms with Gasteiger partial charge in [0.1, 0.15) is 0 Å². The fourth-order valence-electron chi connectivity index (χ4n) is 1.03. The predicted octanol–water partition coefficient (Wildman–Crippen LogP) is 2.57. The van der Waals surface area contributed by atoms with Crippen LogP contribution in [0.4, 0.5) is 0 Å². The molecule has 0 fully saturated rings. The molecule has 2 rings (SSSR count). The van der Waals surface area contributed by atoms with E-state index in [-0.39, 0.29) is 0 Å². The molecule has 0 amide bonds. The first-order chi connectivity index (χ1) is 5.42. The monoisotopic (exact) mass is 158 g/mol. The largest absolute Gasteiger partial charge is 0.192 e. The van der Waals surface area contributed by atoms with Gasteiger partial charge in [-0.25, -0.2) is 0 Å². The number of nitrogens with zero attached hydrogens (tertiary/aromatic N) is 1. The topological polar surface area (TPSA) is 23.8 Å². The molecule has 1 radical (unpaired) electrons. The first-order valence-corrected chi connectivity index (χ1v) is 4.08. The van der Waals surface area contributed by atoms with E-state index >= 15 is 0 Å². The van der Waals surface area contributed by atoms with Crippen LogP contribution >= 0.6 is 11.3 Å². The maximum absolute atomic E-state index is 8.69. The van der Waals surface area contributed by atoms with Crippen molar-refractivity contribution in [1.82, 2.24) is 0 Å². The van der Waals surface area contributed by atoms with Gasteiger partial charge in [-0.3, -0.25) is 0 Å². The predicted molar refractivity (Wildman–Crippen MR) is 45.4 cm³/mol. The van der Waals surface area contributed by atoms with Gasteiger partial charge in [-0.1, -0.05) is 12.1 Å². The van der Waals surface area contributed by atoms with E-state index in [1.54, 1.807) is 0 Å². The molecule has 0 bridgehead atoms. The molecule has 0 spiro atoms. The van der Waals surface area contributed by atoms with Crippen LogP contribution in [0.25, 0.3) is 10.8 Å². The fraction of sp³-hybridized carbons (Fsp3) is 0. The second kappa shape index (κ2) is 2.37. The summed E-state index contributed by atoms with van der Waals surface area (Å²) in [5.74, 6) is 0. The van der Waals surface area contributed by atoms with E-state index in [9.17, 15) is 0 Å². The molecule has 51 valence electrons. The zero-order valence-electron chi connectivity index (χ0n) is 5.66. The van der Waals surface area contributed by atoms with Crippen LogP contribution in [0.15, 0.2) is 23.6 Å². The molecule has 2 heteroatoms. The summed E-state index contributed by atoms with van der Waals surface area (Å²) >= 11 is 1.51. The average Bonchev–Trinajstić information content (AvgIpc) is 2.50. The Hall–Kier alpha value is -1.33. The highest BCUT2D eigenvalue weighted by atomic mass is 32.1. The van der Waals surface area contributed by atoms with E-state index in [1.165, 1.54) is 11.3 Å². The van der Waals surface area contributed by atoms with Crippen molar-refractivity contribution in [2.45, 2.75) is 0 Å². The highest BCUT2D eigenvalue weighted by Gasteiger charge is 1.98. The summed E-state index contributed by atoms with van der Waals surface area (Å²) in [6.07, 6.45) is 0. The van der Waals surface area contributed by atoms with Gasteiger partial charge in [0.05, 0.1) is 17.0 Å². The van der Waals surface area contributed by atoms with Crippen LogP contribution in [-0.4, -0.2) is 0 Å². The quantitative estimate of drug-likeness (QED) is 0.578. The van der Waals surface area contributed by atoms with Gasteiger partial charge in [-0.15, -0.1) is 11.3 Å². The molecule has 0 N–H and O–H groups in total. The average molecular weight is 158 g/mol. The Bertz CT molecular complexity index is 422. The number of nitriles is 1. The van der Waals surface area contributed by atoms with Gasteiger partial charge in [0.15, 0.2) is 0 Å². The maximum Gasteiger partial charge on any atom is 0.0998 e. The molecule has 0 unspecified atom stereocenters. The van der Waals surface area contributed by atoms with Gasteiger partial charge in [0.2, 0.25) is 0 Å². The number of fused-ring (bicyclic) bond motifs is 1. The number of hydrogen-bond donors (Lipinski definition) is 0. The molecule has 1 aromatic carbocycles. The van der Waals surface area contributed by atoms with Gasteiger partial charge in [-0.2, -0.15) is 5.26 Å². The Labute approximate surface area is 68.5 Å². The van der Waals surface area contributed by atoms with Crippen molar-refractivity contribution in [1.29, 1.82) is 5.26 Å². The molecule has 0 atom stereocenters. The van der Waals surface area contributed by atoms with Crippen LogP contribution in [-0.2, 0) is 0 Å².